The zero-order valence-electron chi connectivity index (χ0n) is 11.5. The molecule has 0 saturated carbocycles. The smallest absolute Gasteiger partial charge is 0.137 e. The number of aromatic nitrogens is 2. The topological polar surface area (TPSA) is 43.3 Å². The highest BCUT2D eigenvalue weighted by Crippen LogP contribution is 2.27. The molecule has 3 nitrogen and oxygen atoms in total. The summed E-state index contributed by atoms with van der Waals surface area (Å²) in [4.78, 5) is 4.73. The molecule has 0 aliphatic carbocycles. The number of aryl methyl sites for hydroxylation is 2. The second-order valence-electron chi connectivity index (χ2n) is 5.01. The van der Waals surface area contributed by atoms with Crippen LogP contribution >= 0.6 is 11.6 Å². The second-order valence-corrected chi connectivity index (χ2v) is 5.41. The van der Waals surface area contributed by atoms with Crippen LogP contribution in [-0.2, 0) is 6.54 Å². The Balaban J connectivity index is 2.26. The SMILES string of the molecule is Cc1ccn2c(CN)c(-c3ccc(Cl)c(C)c3)nc2c1. The molecule has 20 heavy (non-hydrogen) atoms. The first-order chi connectivity index (χ1) is 9.60. The van der Waals surface area contributed by atoms with Gasteiger partial charge < -0.3 is 10.1 Å². The number of nitrogens with two attached hydrogens (primary N) is 1. The molecule has 2 N–H and O–H groups in total. The lowest BCUT2D eigenvalue weighted by Gasteiger charge is -2.04. The Morgan fingerprint density at radius 3 is 2.70 bits per heavy atom. The van der Waals surface area contributed by atoms with E-state index >= 15 is 0 Å². The van der Waals surface area contributed by atoms with Gasteiger partial charge in [-0.3, -0.25) is 0 Å². The zero-order chi connectivity index (χ0) is 14.3. The Morgan fingerprint density at radius 2 is 2.00 bits per heavy atom. The number of rotatable bonds is 2. The summed E-state index contributed by atoms with van der Waals surface area (Å²) in [6, 6.07) is 10.1. The Bertz CT molecular complexity index is 790. The Hall–Kier alpha value is -1.84. The van der Waals surface area contributed by atoms with Gasteiger partial charge in [-0.25, -0.2) is 4.98 Å². The summed E-state index contributed by atoms with van der Waals surface area (Å²) in [6.45, 7) is 4.50. The fourth-order valence-electron chi connectivity index (χ4n) is 2.42. The van der Waals surface area contributed by atoms with E-state index in [1.807, 2.05) is 29.7 Å². The largest absolute Gasteiger partial charge is 0.325 e. The van der Waals surface area contributed by atoms with Gasteiger partial charge in [-0.05, 0) is 49.2 Å². The molecule has 2 aromatic heterocycles. The van der Waals surface area contributed by atoms with Gasteiger partial charge in [0.2, 0.25) is 0 Å². The molecule has 0 atom stereocenters. The van der Waals surface area contributed by atoms with Crippen LogP contribution in [0.4, 0.5) is 0 Å². The van der Waals surface area contributed by atoms with Gasteiger partial charge in [0.25, 0.3) is 0 Å². The lowest BCUT2D eigenvalue weighted by Crippen LogP contribution is -2.02. The quantitative estimate of drug-likeness (QED) is 0.779. The van der Waals surface area contributed by atoms with E-state index in [1.54, 1.807) is 0 Å². The van der Waals surface area contributed by atoms with Gasteiger partial charge in [0, 0.05) is 23.3 Å². The summed E-state index contributed by atoms with van der Waals surface area (Å²) in [7, 11) is 0. The molecule has 4 heteroatoms. The van der Waals surface area contributed by atoms with E-state index in [9.17, 15) is 0 Å². The highest BCUT2D eigenvalue weighted by atomic mass is 35.5. The molecule has 0 saturated heterocycles. The van der Waals surface area contributed by atoms with Crippen molar-refractivity contribution in [2.45, 2.75) is 20.4 Å². The first kappa shape index (κ1) is 13.2. The molecule has 2 heterocycles. The fourth-order valence-corrected chi connectivity index (χ4v) is 2.53. The number of benzene rings is 1. The number of nitrogens with zero attached hydrogens (tertiary/aromatic N) is 2. The summed E-state index contributed by atoms with van der Waals surface area (Å²) in [5.41, 5.74) is 12.1. The van der Waals surface area contributed by atoms with E-state index in [0.29, 0.717) is 6.54 Å². The Labute approximate surface area is 123 Å². The minimum Gasteiger partial charge on any atom is -0.325 e. The van der Waals surface area contributed by atoms with Crippen LogP contribution < -0.4 is 5.73 Å². The van der Waals surface area contributed by atoms with Crippen LogP contribution in [0.5, 0.6) is 0 Å². The van der Waals surface area contributed by atoms with Crippen molar-refractivity contribution in [3.05, 3.63) is 58.4 Å². The predicted octanol–water partition coefficient (Wildman–Crippen LogP) is 3.73. The predicted molar refractivity (Wildman–Crippen MR) is 83.0 cm³/mol. The van der Waals surface area contributed by atoms with Crippen LogP contribution in [-0.4, -0.2) is 9.38 Å². The van der Waals surface area contributed by atoms with Crippen LogP contribution in [0.15, 0.2) is 36.5 Å². The molecule has 0 radical (unpaired) electrons. The maximum absolute atomic E-state index is 6.09. The molecule has 0 aliphatic heterocycles. The Kier molecular flexibility index (Phi) is 3.24. The molecule has 0 unspecified atom stereocenters. The summed E-state index contributed by atoms with van der Waals surface area (Å²) < 4.78 is 2.05. The van der Waals surface area contributed by atoms with E-state index in [2.05, 4.69) is 25.1 Å². The summed E-state index contributed by atoms with van der Waals surface area (Å²) in [6.07, 6.45) is 2.02. The average molecular weight is 286 g/mol. The van der Waals surface area contributed by atoms with Crippen molar-refractivity contribution in [2.24, 2.45) is 5.73 Å². The van der Waals surface area contributed by atoms with Gasteiger partial charge in [-0.15, -0.1) is 0 Å². The van der Waals surface area contributed by atoms with Gasteiger partial charge in [0.15, 0.2) is 0 Å². The third-order valence-electron chi connectivity index (χ3n) is 3.51. The monoisotopic (exact) mass is 285 g/mol. The van der Waals surface area contributed by atoms with E-state index < -0.39 is 0 Å². The zero-order valence-corrected chi connectivity index (χ0v) is 12.3. The Morgan fingerprint density at radius 1 is 1.20 bits per heavy atom. The molecular weight excluding hydrogens is 270 g/mol. The maximum atomic E-state index is 6.09. The van der Waals surface area contributed by atoms with Gasteiger partial charge in [0.05, 0.1) is 11.4 Å². The lowest BCUT2D eigenvalue weighted by molar-refractivity contribution is 0.960. The minimum absolute atomic E-state index is 0.446. The molecule has 3 aromatic rings. The average Bonchev–Trinajstić information content (AvgIpc) is 2.79. The molecule has 0 fully saturated rings. The molecule has 3 rings (SSSR count). The van der Waals surface area contributed by atoms with Gasteiger partial charge >= 0.3 is 0 Å². The fraction of sp³-hybridized carbons (Fsp3) is 0.188. The standard InChI is InChI=1S/C16H16ClN3/c1-10-5-6-20-14(9-18)16(19-15(20)7-10)12-3-4-13(17)11(2)8-12/h3-8H,9,18H2,1-2H3. The lowest BCUT2D eigenvalue weighted by atomic mass is 10.1. The highest BCUT2D eigenvalue weighted by molar-refractivity contribution is 6.31. The highest BCUT2D eigenvalue weighted by Gasteiger charge is 2.13. The number of hydrogen-bond acceptors (Lipinski definition) is 2. The van der Waals surface area contributed by atoms with E-state index in [-0.39, 0.29) is 0 Å². The number of pyridine rings is 1. The van der Waals surface area contributed by atoms with Crippen molar-refractivity contribution in [2.75, 3.05) is 0 Å². The van der Waals surface area contributed by atoms with Crippen LogP contribution in [0, 0.1) is 13.8 Å². The molecule has 102 valence electrons. The van der Waals surface area contributed by atoms with Crippen molar-refractivity contribution in [3.8, 4) is 11.3 Å². The maximum Gasteiger partial charge on any atom is 0.137 e. The number of halogens is 1. The molecule has 0 amide bonds. The van der Waals surface area contributed by atoms with Gasteiger partial charge in [-0.1, -0.05) is 17.7 Å². The molecule has 0 spiro atoms. The molecule has 1 aromatic carbocycles. The van der Waals surface area contributed by atoms with E-state index in [1.165, 1.54) is 5.56 Å². The third-order valence-corrected chi connectivity index (χ3v) is 3.93. The third kappa shape index (κ3) is 2.09. The van der Waals surface area contributed by atoms with Crippen molar-refractivity contribution in [1.82, 2.24) is 9.38 Å². The van der Waals surface area contributed by atoms with Crippen LogP contribution in [0.1, 0.15) is 16.8 Å². The first-order valence-electron chi connectivity index (χ1n) is 6.54. The second kappa shape index (κ2) is 4.93. The van der Waals surface area contributed by atoms with Crippen LogP contribution in [0.25, 0.3) is 16.9 Å². The van der Waals surface area contributed by atoms with Crippen molar-refractivity contribution < 1.29 is 0 Å². The normalized spacial score (nSPS) is 11.2. The van der Waals surface area contributed by atoms with Crippen molar-refractivity contribution >= 4 is 17.2 Å². The number of imidazole rings is 1. The molecule has 0 aliphatic rings. The van der Waals surface area contributed by atoms with Crippen molar-refractivity contribution in [3.63, 3.8) is 0 Å². The van der Waals surface area contributed by atoms with Gasteiger partial charge in [0.1, 0.15) is 5.65 Å². The van der Waals surface area contributed by atoms with Crippen LogP contribution in [0.3, 0.4) is 0 Å². The van der Waals surface area contributed by atoms with Crippen molar-refractivity contribution in [1.29, 1.82) is 0 Å². The number of fused-ring (bicyclic) bond motifs is 1. The minimum atomic E-state index is 0.446. The van der Waals surface area contributed by atoms with E-state index in [4.69, 9.17) is 22.3 Å². The summed E-state index contributed by atoms with van der Waals surface area (Å²) in [5, 5.41) is 0.766. The van der Waals surface area contributed by atoms with Crippen LogP contribution in [0.2, 0.25) is 5.02 Å². The summed E-state index contributed by atoms with van der Waals surface area (Å²) >= 11 is 6.09. The first-order valence-corrected chi connectivity index (χ1v) is 6.92. The van der Waals surface area contributed by atoms with Gasteiger partial charge in [-0.2, -0.15) is 0 Å². The summed E-state index contributed by atoms with van der Waals surface area (Å²) in [5.74, 6) is 0. The molecule has 0 bridgehead atoms. The number of hydrogen-bond donors (Lipinski definition) is 1. The van der Waals surface area contributed by atoms with E-state index in [0.717, 1.165) is 33.2 Å². The molecular formula is C16H16ClN3.